The zero-order valence-electron chi connectivity index (χ0n) is 15.3. The van der Waals surface area contributed by atoms with Crippen LogP contribution in [0.5, 0.6) is 0 Å². The van der Waals surface area contributed by atoms with Crippen LogP contribution in [0.25, 0.3) is 0 Å². The van der Waals surface area contributed by atoms with E-state index in [1.165, 1.54) is 6.26 Å². The summed E-state index contributed by atoms with van der Waals surface area (Å²) in [5.74, 6) is 1.47. The third kappa shape index (κ3) is 4.98. The van der Waals surface area contributed by atoms with Crippen molar-refractivity contribution in [2.45, 2.75) is 37.1 Å². The highest BCUT2D eigenvalue weighted by molar-refractivity contribution is 7.90. The molecular formula is C19H28N2O4S. The van der Waals surface area contributed by atoms with Crippen LogP contribution in [0.1, 0.15) is 31.2 Å². The molecule has 1 aromatic rings. The minimum Gasteiger partial charge on any atom is -0.381 e. The molecule has 7 heteroatoms. The highest BCUT2D eigenvalue weighted by Gasteiger charge is 2.29. The Morgan fingerprint density at radius 3 is 2.23 bits per heavy atom. The predicted molar refractivity (Wildman–Crippen MR) is 99.6 cm³/mol. The summed E-state index contributed by atoms with van der Waals surface area (Å²) in [5, 5.41) is 2.94. The van der Waals surface area contributed by atoms with Gasteiger partial charge in [0.1, 0.15) is 0 Å². The summed E-state index contributed by atoms with van der Waals surface area (Å²) >= 11 is 0. The Bertz CT molecular complexity index is 704. The van der Waals surface area contributed by atoms with Crippen molar-refractivity contribution in [3.63, 3.8) is 0 Å². The van der Waals surface area contributed by atoms with Crippen molar-refractivity contribution in [1.82, 2.24) is 10.2 Å². The summed E-state index contributed by atoms with van der Waals surface area (Å²) in [7, 11) is -3.19. The average molecular weight is 381 g/mol. The van der Waals surface area contributed by atoms with E-state index in [1.54, 1.807) is 24.3 Å². The lowest BCUT2D eigenvalue weighted by Gasteiger charge is -2.37. The van der Waals surface area contributed by atoms with E-state index >= 15 is 0 Å². The molecule has 0 atom stereocenters. The van der Waals surface area contributed by atoms with Crippen LogP contribution in [0.15, 0.2) is 29.2 Å². The molecule has 0 radical (unpaired) electrons. The van der Waals surface area contributed by atoms with Gasteiger partial charge in [0.15, 0.2) is 9.84 Å². The molecule has 0 aliphatic carbocycles. The van der Waals surface area contributed by atoms with Gasteiger partial charge in [-0.3, -0.25) is 0 Å². The molecule has 2 saturated heterocycles. The Kier molecular flexibility index (Phi) is 6.19. The highest BCUT2D eigenvalue weighted by Crippen LogP contribution is 2.31. The molecule has 0 bridgehead atoms. The molecule has 3 rings (SSSR count). The molecular weight excluding hydrogens is 352 g/mol. The average Bonchev–Trinajstić information content (AvgIpc) is 2.66. The first-order chi connectivity index (χ1) is 12.4. The lowest BCUT2D eigenvalue weighted by Crippen LogP contribution is -2.45. The van der Waals surface area contributed by atoms with Gasteiger partial charge in [0.2, 0.25) is 0 Å². The van der Waals surface area contributed by atoms with E-state index in [1.807, 2.05) is 4.90 Å². The second-order valence-electron chi connectivity index (χ2n) is 7.35. The Hall–Kier alpha value is -1.60. The summed E-state index contributed by atoms with van der Waals surface area (Å²) in [6, 6.07) is 6.61. The maximum atomic E-state index is 12.4. The van der Waals surface area contributed by atoms with Crippen LogP contribution in [-0.2, 0) is 21.1 Å². The van der Waals surface area contributed by atoms with Crippen LogP contribution in [0, 0.1) is 11.8 Å². The lowest BCUT2D eigenvalue weighted by atomic mass is 9.80. The number of nitrogens with zero attached hydrogens (tertiary/aromatic N) is 1. The van der Waals surface area contributed by atoms with Gasteiger partial charge in [-0.2, -0.15) is 0 Å². The number of carbonyl (C=O) groups is 1. The number of rotatable bonds is 4. The zero-order valence-corrected chi connectivity index (χ0v) is 16.1. The number of benzene rings is 1. The first-order valence-electron chi connectivity index (χ1n) is 9.33. The van der Waals surface area contributed by atoms with Crippen molar-refractivity contribution in [1.29, 1.82) is 0 Å². The van der Waals surface area contributed by atoms with E-state index in [9.17, 15) is 13.2 Å². The largest absolute Gasteiger partial charge is 0.381 e. The van der Waals surface area contributed by atoms with E-state index in [4.69, 9.17) is 4.74 Å². The minimum atomic E-state index is -3.19. The first-order valence-corrected chi connectivity index (χ1v) is 11.2. The van der Waals surface area contributed by atoms with Crippen LogP contribution in [-0.4, -0.2) is 51.9 Å². The number of hydrogen-bond donors (Lipinski definition) is 1. The van der Waals surface area contributed by atoms with Crippen molar-refractivity contribution in [2.75, 3.05) is 32.6 Å². The maximum Gasteiger partial charge on any atom is 0.317 e. The van der Waals surface area contributed by atoms with Crippen molar-refractivity contribution < 1.29 is 17.9 Å². The van der Waals surface area contributed by atoms with Crippen LogP contribution in [0.2, 0.25) is 0 Å². The Labute approximate surface area is 155 Å². The topological polar surface area (TPSA) is 75.7 Å². The van der Waals surface area contributed by atoms with Crippen molar-refractivity contribution in [3.05, 3.63) is 29.8 Å². The second-order valence-corrected chi connectivity index (χ2v) is 9.36. The SMILES string of the molecule is CS(=O)(=O)c1ccc(CNC(=O)N2CCC(C3CCOCC3)CC2)cc1. The number of ether oxygens (including phenoxy) is 1. The number of likely N-dealkylation sites (tertiary alicyclic amines) is 1. The van der Waals surface area contributed by atoms with E-state index in [-0.39, 0.29) is 6.03 Å². The fourth-order valence-corrected chi connectivity index (χ4v) is 4.54. The van der Waals surface area contributed by atoms with E-state index < -0.39 is 9.84 Å². The summed E-state index contributed by atoms with van der Waals surface area (Å²) in [6.45, 7) is 3.78. The highest BCUT2D eigenvalue weighted by atomic mass is 32.2. The number of amides is 2. The van der Waals surface area contributed by atoms with E-state index in [0.717, 1.165) is 63.5 Å². The fraction of sp³-hybridized carbons (Fsp3) is 0.632. The number of carbonyl (C=O) groups excluding carboxylic acids is 1. The number of sulfone groups is 1. The van der Waals surface area contributed by atoms with Gasteiger partial charge in [0.25, 0.3) is 0 Å². The molecule has 0 aromatic heterocycles. The van der Waals surface area contributed by atoms with Crippen LogP contribution in [0.3, 0.4) is 0 Å². The van der Waals surface area contributed by atoms with Gasteiger partial charge in [0, 0.05) is 39.1 Å². The fourth-order valence-electron chi connectivity index (χ4n) is 3.91. The molecule has 6 nitrogen and oxygen atoms in total. The number of urea groups is 1. The van der Waals surface area contributed by atoms with Gasteiger partial charge in [-0.25, -0.2) is 13.2 Å². The molecule has 144 valence electrons. The van der Waals surface area contributed by atoms with Gasteiger partial charge in [-0.15, -0.1) is 0 Å². The molecule has 2 aliphatic heterocycles. The summed E-state index contributed by atoms with van der Waals surface area (Å²) in [6.07, 6.45) is 5.64. The Morgan fingerprint density at radius 1 is 1.08 bits per heavy atom. The molecule has 26 heavy (non-hydrogen) atoms. The quantitative estimate of drug-likeness (QED) is 0.870. The van der Waals surface area contributed by atoms with Gasteiger partial charge in [0.05, 0.1) is 4.90 Å². The summed E-state index contributed by atoms with van der Waals surface area (Å²) < 4.78 is 28.4. The molecule has 0 saturated carbocycles. The number of nitrogens with one attached hydrogen (secondary N) is 1. The van der Waals surface area contributed by atoms with E-state index in [2.05, 4.69) is 5.32 Å². The van der Waals surface area contributed by atoms with Crippen LogP contribution < -0.4 is 5.32 Å². The van der Waals surface area contributed by atoms with Gasteiger partial charge in [-0.1, -0.05) is 12.1 Å². The molecule has 1 aromatic carbocycles. The van der Waals surface area contributed by atoms with Gasteiger partial charge < -0.3 is 15.0 Å². The second kappa shape index (κ2) is 8.39. The predicted octanol–water partition coefficient (Wildman–Crippen LogP) is 2.44. The number of hydrogen-bond acceptors (Lipinski definition) is 4. The molecule has 2 amide bonds. The first kappa shape index (κ1) is 19.2. The molecule has 2 aliphatic rings. The zero-order chi connectivity index (χ0) is 18.6. The molecule has 0 spiro atoms. The van der Waals surface area contributed by atoms with Crippen molar-refractivity contribution in [2.24, 2.45) is 11.8 Å². The third-order valence-electron chi connectivity index (χ3n) is 5.55. The minimum absolute atomic E-state index is 0.0392. The Morgan fingerprint density at radius 2 is 1.65 bits per heavy atom. The molecule has 2 fully saturated rings. The molecule has 0 unspecified atom stereocenters. The molecule has 1 N–H and O–H groups in total. The smallest absolute Gasteiger partial charge is 0.317 e. The van der Waals surface area contributed by atoms with Gasteiger partial charge >= 0.3 is 6.03 Å². The van der Waals surface area contributed by atoms with Crippen molar-refractivity contribution >= 4 is 15.9 Å². The van der Waals surface area contributed by atoms with Gasteiger partial charge in [-0.05, 0) is 55.2 Å². The Balaban J connectivity index is 1.44. The lowest BCUT2D eigenvalue weighted by molar-refractivity contribution is 0.0336. The van der Waals surface area contributed by atoms with Crippen LogP contribution >= 0.6 is 0 Å². The standard InChI is InChI=1S/C19H28N2O4S/c1-26(23,24)18-4-2-15(3-5-18)14-20-19(22)21-10-6-16(7-11-21)17-8-12-25-13-9-17/h2-5,16-17H,6-14H2,1H3,(H,20,22). The number of piperidine rings is 1. The van der Waals surface area contributed by atoms with Crippen LogP contribution in [0.4, 0.5) is 4.79 Å². The maximum absolute atomic E-state index is 12.4. The van der Waals surface area contributed by atoms with Crippen molar-refractivity contribution in [3.8, 4) is 0 Å². The van der Waals surface area contributed by atoms with E-state index in [0.29, 0.717) is 17.4 Å². The summed E-state index contributed by atoms with van der Waals surface area (Å²) in [5.41, 5.74) is 0.892. The molecule has 2 heterocycles. The monoisotopic (exact) mass is 380 g/mol. The summed E-state index contributed by atoms with van der Waals surface area (Å²) in [4.78, 5) is 14.6. The third-order valence-corrected chi connectivity index (χ3v) is 6.68. The normalized spacial score (nSPS) is 20.1.